The number of piperazine rings is 1. The fraction of sp³-hybridized carbons (Fsp3) is 0.667. The molecule has 0 radical (unpaired) electrons. The molecule has 2 heterocycles. The van der Waals surface area contributed by atoms with Gasteiger partial charge in [-0.25, -0.2) is 0 Å². The van der Waals surface area contributed by atoms with Crippen LogP contribution in [0.25, 0.3) is 0 Å². The third-order valence-electron chi connectivity index (χ3n) is 5.61. The van der Waals surface area contributed by atoms with Crippen LogP contribution in [0, 0.1) is 0 Å². The molecule has 2 aliphatic rings. The zero-order valence-electron chi connectivity index (χ0n) is 17.4. The van der Waals surface area contributed by atoms with E-state index in [-0.39, 0.29) is 0 Å². The number of nitrogens with zero attached hydrogens (tertiary/aromatic N) is 3. The largest absolute Gasteiger partial charge is 0.416 e. The Labute approximate surface area is 175 Å². The number of rotatable bonds is 5. The predicted molar refractivity (Wildman–Crippen MR) is 109 cm³/mol. The van der Waals surface area contributed by atoms with Crippen LogP contribution in [0.2, 0.25) is 0 Å². The molecule has 3 rings (SSSR count). The second-order valence-corrected chi connectivity index (χ2v) is 7.97. The molecule has 0 amide bonds. The Morgan fingerprint density at radius 2 is 1.90 bits per heavy atom. The van der Waals surface area contributed by atoms with Crippen molar-refractivity contribution in [2.75, 3.05) is 52.5 Å². The molecule has 1 aromatic carbocycles. The van der Waals surface area contributed by atoms with Crippen molar-refractivity contribution in [3.05, 3.63) is 35.4 Å². The minimum Gasteiger partial charge on any atom is -0.388 e. The molecule has 2 saturated heterocycles. The molecule has 0 atom stereocenters. The van der Waals surface area contributed by atoms with Crippen molar-refractivity contribution in [3.8, 4) is 0 Å². The second-order valence-electron chi connectivity index (χ2n) is 7.97. The number of benzene rings is 1. The zero-order chi connectivity index (χ0) is 21.6. The smallest absolute Gasteiger partial charge is 0.388 e. The van der Waals surface area contributed by atoms with Gasteiger partial charge >= 0.3 is 6.18 Å². The number of hydrogen-bond acceptors (Lipinski definition) is 4. The maximum atomic E-state index is 12.9. The lowest BCUT2D eigenvalue weighted by Gasteiger charge is -2.37. The Morgan fingerprint density at radius 1 is 1.20 bits per heavy atom. The number of aliphatic hydroxyl groups is 1. The molecular formula is C21H31F3N4O2. The van der Waals surface area contributed by atoms with E-state index in [1.165, 1.54) is 12.1 Å². The summed E-state index contributed by atoms with van der Waals surface area (Å²) in [6, 6.07) is 5.53. The molecule has 2 fully saturated rings. The Morgan fingerprint density at radius 3 is 2.53 bits per heavy atom. The van der Waals surface area contributed by atoms with Crippen molar-refractivity contribution in [2.24, 2.45) is 4.99 Å². The Kier molecular flexibility index (Phi) is 7.60. The Bertz CT molecular complexity index is 712. The van der Waals surface area contributed by atoms with Crippen LogP contribution in [0.5, 0.6) is 0 Å². The molecular weight excluding hydrogens is 397 g/mol. The topological polar surface area (TPSA) is 60.3 Å². The SMILES string of the molecule is CCNC(=NCC1(O)CCOCC1)N1CCN(Cc2cccc(C(F)(F)F)c2)CC1. The fourth-order valence-electron chi connectivity index (χ4n) is 3.78. The Hall–Kier alpha value is -1.84. The van der Waals surface area contributed by atoms with E-state index in [0.29, 0.717) is 44.7 Å². The summed E-state index contributed by atoms with van der Waals surface area (Å²) in [6.07, 6.45) is -3.15. The molecule has 9 heteroatoms. The van der Waals surface area contributed by atoms with Gasteiger partial charge in [-0.05, 0) is 18.6 Å². The average molecular weight is 428 g/mol. The van der Waals surface area contributed by atoms with Gasteiger partial charge in [-0.15, -0.1) is 0 Å². The average Bonchev–Trinajstić information content (AvgIpc) is 2.72. The number of ether oxygens (including phenoxy) is 1. The molecule has 0 unspecified atom stereocenters. The van der Waals surface area contributed by atoms with Crippen LogP contribution < -0.4 is 5.32 Å². The fourth-order valence-corrected chi connectivity index (χ4v) is 3.78. The highest BCUT2D eigenvalue weighted by Gasteiger charge is 2.31. The van der Waals surface area contributed by atoms with Crippen LogP contribution in [-0.2, 0) is 17.5 Å². The van der Waals surface area contributed by atoms with Gasteiger partial charge < -0.3 is 20.1 Å². The normalized spacial score (nSPS) is 21.0. The van der Waals surface area contributed by atoms with Crippen molar-refractivity contribution < 1.29 is 23.0 Å². The van der Waals surface area contributed by atoms with E-state index in [1.807, 2.05) is 6.92 Å². The maximum absolute atomic E-state index is 12.9. The molecule has 6 nitrogen and oxygen atoms in total. The monoisotopic (exact) mass is 428 g/mol. The molecule has 0 aromatic heterocycles. The van der Waals surface area contributed by atoms with Gasteiger partial charge in [0.2, 0.25) is 0 Å². The lowest BCUT2D eigenvalue weighted by atomic mass is 9.95. The molecule has 2 N–H and O–H groups in total. The molecule has 0 aliphatic carbocycles. The third-order valence-corrected chi connectivity index (χ3v) is 5.61. The molecule has 0 bridgehead atoms. The predicted octanol–water partition coefficient (Wildman–Crippen LogP) is 2.33. The van der Waals surface area contributed by atoms with Crippen molar-refractivity contribution in [3.63, 3.8) is 0 Å². The van der Waals surface area contributed by atoms with Crippen molar-refractivity contribution in [2.45, 2.75) is 38.1 Å². The molecule has 1 aromatic rings. The quantitative estimate of drug-likeness (QED) is 0.557. The highest BCUT2D eigenvalue weighted by Crippen LogP contribution is 2.29. The minimum atomic E-state index is -4.32. The highest BCUT2D eigenvalue weighted by atomic mass is 19.4. The van der Waals surface area contributed by atoms with E-state index >= 15 is 0 Å². The van der Waals surface area contributed by atoms with Crippen LogP contribution in [0.1, 0.15) is 30.9 Å². The first-order valence-electron chi connectivity index (χ1n) is 10.5. The summed E-state index contributed by atoms with van der Waals surface area (Å²) in [5.41, 5.74) is -0.753. The molecule has 168 valence electrons. The Balaban J connectivity index is 1.55. The molecule has 2 aliphatic heterocycles. The van der Waals surface area contributed by atoms with E-state index in [4.69, 9.17) is 4.74 Å². The van der Waals surface area contributed by atoms with Crippen molar-refractivity contribution in [1.29, 1.82) is 0 Å². The van der Waals surface area contributed by atoms with E-state index in [2.05, 4.69) is 20.1 Å². The van der Waals surface area contributed by atoms with E-state index in [1.54, 1.807) is 6.07 Å². The molecule has 30 heavy (non-hydrogen) atoms. The highest BCUT2D eigenvalue weighted by molar-refractivity contribution is 5.80. The van der Waals surface area contributed by atoms with E-state index in [9.17, 15) is 18.3 Å². The first-order valence-corrected chi connectivity index (χ1v) is 10.5. The zero-order valence-corrected chi connectivity index (χ0v) is 17.4. The lowest BCUT2D eigenvalue weighted by molar-refractivity contribution is -0.137. The summed E-state index contributed by atoms with van der Waals surface area (Å²) in [7, 11) is 0. The molecule has 0 saturated carbocycles. The summed E-state index contributed by atoms with van der Waals surface area (Å²) in [5.74, 6) is 0.774. The summed E-state index contributed by atoms with van der Waals surface area (Å²) in [5, 5.41) is 13.9. The molecule has 0 spiro atoms. The van der Waals surface area contributed by atoms with Crippen LogP contribution in [0.4, 0.5) is 13.2 Å². The van der Waals surface area contributed by atoms with Gasteiger partial charge in [0.25, 0.3) is 0 Å². The number of nitrogens with one attached hydrogen (secondary N) is 1. The summed E-state index contributed by atoms with van der Waals surface area (Å²) < 4.78 is 44.1. The standard InChI is InChI=1S/C21H31F3N4O2/c1-2-25-19(26-16-20(29)6-12-30-13-7-20)28-10-8-27(9-11-28)15-17-4-3-5-18(14-17)21(22,23)24/h3-5,14,29H,2,6-13,15-16H2,1H3,(H,25,26). The van der Waals surface area contributed by atoms with Crippen LogP contribution in [0.15, 0.2) is 29.3 Å². The number of hydrogen-bond donors (Lipinski definition) is 2. The van der Waals surface area contributed by atoms with Gasteiger partial charge in [-0.3, -0.25) is 9.89 Å². The number of alkyl halides is 3. The minimum absolute atomic E-state index is 0.336. The van der Waals surface area contributed by atoms with Crippen LogP contribution >= 0.6 is 0 Å². The third kappa shape index (κ3) is 6.33. The van der Waals surface area contributed by atoms with Gasteiger partial charge in [0.15, 0.2) is 5.96 Å². The van der Waals surface area contributed by atoms with E-state index < -0.39 is 17.3 Å². The summed E-state index contributed by atoms with van der Waals surface area (Å²) >= 11 is 0. The van der Waals surface area contributed by atoms with Crippen molar-refractivity contribution in [1.82, 2.24) is 15.1 Å². The van der Waals surface area contributed by atoms with Crippen LogP contribution in [0.3, 0.4) is 0 Å². The van der Waals surface area contributed by atoms with Crippen molar-refractivity contribution >= 4 is 5.96 Å². The van der Waals surface area contributed by atoms with Gasteiger partial charge in [0.05, 0.1) is 17.7 Å². The second kappa shape index (κ2) is 9.98. The van der Waals surface area contributed by atoms with Gasteiger partial charge in [0, 0.05) is 65.3 Å². The van der Waals surface area contributed by atoms with E-state index in [0.717, 1.165) is 44.7 Å². The summed E-state index contributed by atoms with van der Waals surface area (Å²) in [6.45, 7) is 7.59. The maximum Gasteiger partial charge on any atom is 0.416 e. The van der Waals surface area contributed by atoms with Gasteiger partial charge in [0.1, 0.15) is 0 Å². The van der Waals surface area contributed by atoms with Gasteiger partial charge in [-0.1, -0.05) is 18.2 Å². The number of guanidine groups is 1. The van der Waals surface area contributed by atoms with Crippen LogP contribution in [-0.4, -0.2) is 78.9 Å². The number of aliphatic imine (C=N–C) groups is 1. The lowest BCUT2D eigenvalue weighted by Crippen LogP contribution is -2.52. The first-order chi connectivity index (χ1) is 14.3. The first kappa shape index (κ1) is 22.8. The summed E-state index contributed by atoms with van der Waals surface area (Å²) in [4.78, 5) is 8.96. The van der Waals surface area contributed by atoms with Gasteiger partial charge in [-0.2, -0.15) is 13.2 Å². The number of halogens is 3.